The second-order valence-corrected chi connectivity index (χ2v) is 4.17. The van der Waals surface area contributed by atoms with E-state index in [1.54, 1.807) is 0 Å². The van der Waals surface area contributed by atoms with Crippen LogP contribution in [0.5, 0.6) is 0 Å². The first-order chi connectivity index (χ1) is 7.45. The van der Waals surface area contributed by atoms with Gasteiger partial charge < -0.3 is 11.1 Å². The van der Waals surface area contributed by atoms with E-state index in [1.165, 1.54) is 0 Å². The second-order valence-electron chi connectivity index (χ2n) is 4.17. The molecule has 6 heteroatoms. The maximum Gasteiger partial charge on any atom is 0.408 e. The van der Waals surface area contributed by atoms with Gasteiger partial charge in [0.05, 0.1) is 0 Å². The first-order valence-electron chi connectivity index (χ1n) is 5.51. The van der Waals surface area contributed by atoms with Crippen LogP contribution in [-0.2, 0) is 4.79 Å². The molecule has 0 saturated heterocycles. The lowest BCUT2D eigenvalue weighted by Crippen LogP contribution is -2.49. The van der Waals surface area contributed by atoms with Gasteiger partial charge in [0.1, 0.15) is 6.04 Å². The Morgan fingerprint density at radius 3 is 2.38 bits per heavy atom. The van der Waals surface area contributed by atoms with Crippen LogP contribution in [0.1, 0.15) is 32.1 Å². The van der Waals surface area contributed by atoms with E-state index in [2.05, 4.69) is 5.32 Å². The Labute approximate surface area is 92.6 Å². The van der Waals surface area contributed by atoms with E-state index in [0.717, 1.165) is 12.8 Å². The molecule has 1 aliphatic carbocycles. The van der Waals surface area contributed by atoms with Crippen molar-refractivity contribution in [2.75, 3.05) is 6.54 Å². The van der Waals surface area contributed by atoms with Crippen molar-refractivity contribution in [2.45, 2.75) is 44.3 Å². The van der Waals surface area contributed by atoms with Gasteiger partial charge in [0.25, 0.3) is 0 Å². The summed E-state index contributed by atoms with van der Waals surface area (Å²) in [5, 5.41) is 2.06. The van der Waals surface area contributed by atoms with Crippen molar-refractivity contribution in [1.29, 1.82) is 0 Å². The van der Waals surface area contributed by atoms with Gasteiger partial charge in [0.15, 0.2) is 0 Å². The van der Waals surface area contributed by atoms with Crippen molar-refractivity contribution >= 4 is 5.91 Å². The molecule has 1 atom stereocenters. The molecule has 3 N–H and O–H groups in total. The SMILES string of the molecule is NCCC(=O)NC(C1CCCC1)C(F)(F)F. The molecule has 0 bridgehead atoms. The van der Waals surface area contributed by atoms with Crippen LogP contribution in [0.3, 0.4) is 0 Å². The lowest BCUT2D eigenvalue weighted by atomic mass is 9.97. The van der Waals surface area contributed by atoms with E-state index in [1.807, 2.05) is 0 Å². The van der Waals surface area contributed by atoms with E-state index >= 15 is 0 Å². The summed E-state index contributed by atoms with van der Waals surface area (Å²) in [7, 11) is 0. The highest BCUT2D eigenvalue weighted by molar-refractivity contribution is 5.76. The van der Waals surface area contributed by atoms with Gasteiger partial charge in [-0.1, -0.05) is 12.8 Å². The van der Waals surface area contributed by atoms with E-state index in [9.17, 15) is 18.0 Å². The normalized spacial score (nSPS) is 19.8. The molecule has 1 saturated carbocycles. The number of amides is 1. The number of nitrogens with one attached hydrogen (secondary N) is 1. The van der Waals surface area contributed by atoms with Crippen LogP contribution in [0.15, 0.2) is 0 Å². The number of rotatable bonds is 4. The largest absolute Gasteiger partial charge is 0.408 e. The van der Waals surface area contributed by atoms with Crippen molar-refractivity contribution in [1.82, 2.24) is 5.32 Å². The summed E-state index contributed by atoms with van der Waals surface area (Å²) >= 11 is 0. The van der Waals surface area contributed by atoms with Crippen molar-refractivity contribution in [3.05, 3.63) is 0 Å². The van der Waals surface area contributed by atoms with Crippen molar-refractivity contribution in [3.63, 3.8) is 0 Å². The molecule has 0 aromatic carbocycles. The van der Waals surface area contributed by atoms with Crippen LogP contribution in [0.2, 0.25) is 0 Å². The summed E-state index contributed by atoms with van der Waals surface area (Å²) in [6.45, 7) is 0.0705. The van der Waals surface area contributed by atoms with Gasteiger partial charge in [-0.3, -0.25) is 4.79 Å². The quantitative estimate of drug-likeness (QED) is 0.781. The molecule has 1 amide bonds. The van der Waals surface area contributed by atoms with Crippen molar-refractivity contribution in [3.8, 4) is 0 Å². The highest BCUT2D eigenvalue weighted by Crippen LogP contribution is 2.35. The predicted octanol–water partition coefficient (Wildman–Crippen LogP) is 1.57. The summed E-state index contributed by atoms with van der Waals surface area (Å²) in [4.78, 5) is 11.2. The van der Waals surface area contributed by atoms with Crippen LogP contribution in [0.4, 0.5) is 13.2 Å². The predicted molar refractivity (Wildman–Crippen MR) is 53.6 cm³/mol. The van der Waals surface area contributed by atoms with Crippen LogP contribution < -0.4 is 11.1 Å². The maximum atomic E-state index is 12.7. The molecule has 1 unspecified atom stereocenters. The smallest absolute Gasteiger partial charge is 0.344 e. The number of carbonyl (C=O) groups excluding carboxylic acids is 1. The number of hydrogen-bond acceptors (Lipinski definition) is 2. The summed E-state index contributed by atoms with van der Waals surface area (Å²) in [5.41, 5.74) is 5.13. The molecule has 0 aromatic rings. The molecule has 0 aromatic heterocycles. The van der Waals surface area contributed by atoms with Crippen LogP contribution in [0, 0.1) is 5.92 Å². The number of alkyl halides is 3. The Kier molecular flexibility index (Phi) is 4.58. The van der Waals surface area contributed by atoms with Gasteiger partial charge in [-0.05, 0) is 18.8 Å². The minimum Gasteiger partial charge on any atom is -0.344 e. The fourth-order valence-electron chi connectivity index (χ4n) is 2.13. The average Bonchev–Trinajstić information content (AvgIpc) is 2.65. The third-order valence-corrected chi connectivity index (χ3v) is 2.91. The van der Waals surface area contributed by atoms with Gasteiger partial charge in [0, 0.05) is 13.0 Å². The molecule has 0 radical (unpaired) electrons. The molecular weight excluding hydrogens is 221 g/mol. The van der Waals surface area contributed by atoms with E-state index in [4.69, 9.17) is 5.73 Å². The molecule has 0 aliphatic heterocycles. The summed E-state index contributed by atoms with van der Waals surface area (Å²) < 4.78 is 38.2. The minimum absolute atomic E-state index is 0.0563. The minimum atomic E-state index is -4.36. The van der Waals surface area contributed by atoms with Crippen LogP contribution in [-0.4, -0.2) is 24.7 Å². The molecule has 3 nitrogen and oxygen atoms in total. The third-order valence-electron chi connectivity index (χ3n) is 2.91. The molecule has 94 valence electrons. The first-order valence-corrected chi connectivity index (χ1v) is 5.51. The van der Waals surface area contributed by atoms with E-state index in [0.29, 0.717) is 12.8 Å². The van der Waals surface area contributed by atoms with Crippen LogP contribution in [0.25, 0.3) is 0 Å². The number of nitrogens with two attached hydrogens (primary N) is 1. The third kappa shape index (κ3) is 3.66. The van der Waals surface area contributed by atoms with Gasteiger partial charge in [-0.2, -0.15) is 13.2 Å². The molecule has 1 rings (SSSR count). The van der Waals surface area contributed by atoms with E-state index in [-0.39, 0.29) is 13.0 Å². The number of carbonyl (C=O) groups is 1. The monoisotopic (exact) mass is 238 g/mol. The van der Waals surface area contributed by atoms with Gasteiger partial charge in [-0.15, -0.1) is 0 Å². The Bertz CT molecular complexity index is 237. The molecular formula is C10H17F3N2O. The fourth-order valence-corrected chi connectivity index (χ4v) is 2.13. The Morgan fingerprint density at radius 1 is 1.38 bits per heavy atom. The highest BCUT2D eigenvalue weighted by atomic mass is 19.4. The molecule has 1 fully saturated rings. The lowest BCUT2D eigenvalue weighted by Gasteiger charge is -2.26. The zero-order valence-corrected chi connectivity index (χ0v) is 9.02. The van der Waals surface area contributed by atoms with Gasteiger partial charge in [-0.25, -0.2) is 0 Å². The van der Waals surface area contributed by atoms with Crippen molar-refractivity contribution in [2.24, 2.45) is 11.7 Å². The summed E-state index contributed by atoms with van der Waals surface area (Å²) in [5.74, 6) is -1.08. The lowest BCUT2D eigenvalue weighted by molar-refractivity contribution is -0.171. The number of hydrogen-bond donors (Lipinski definition) is 2. The van der Waals surface area contributed by atoms with Crippen LogP contribution >= 0.6 is 0 Å². The fraction of sp³-hybridized carbons (Fsp3) is 0.900. The summed E-state index contributed by atoms with van der Waals surface area (Å²) in [6.07, 6.45) is -1.73. The van der Waals surface area contributed by atoms with Gasteiger partial charge >= 0.3 is 6.18 Å². The average molecular weight is 238 g/mol. The highest BCUT2D eigenvalue weighted by Gasteiger charge is 2.45. The maximum absolute atomic E-state index is 12.7. The first kappa shape index (κ1) is 13.3. The Hall–Kier alpha value is -0.780. The van der Waals surface area contributed by atoms with E-state index < -0.39 is 24.0 Å². The second kappa shape index (κ2) is 5.52. The standard InChI is InChI=1S/C10H17F3N2O/c11-10(12,13)9(7-3-1-2-4-7)15-8(16)5-6-14/h7,9H,1-6,14H2,(H,15,16). The number of halogens is 3. The zero-order valence-electron chi connectivity index (χ0n) is 9.02. The molecule has 0 heterocycles. The summed E-state index contributed by atoms with van der Waals surface area (Å²) in [6, 6.07) is -1.70. The molecule has 0 spiro atoms. The van der Waals surface area contributed by atoms with Crippen molar-refractivity contribution < 1.29 is 18.0 Å². The Morgan fingerprint density at radius 2 is 1.94 bits per heavy atom. The topological polar surface area (TPSA) is 55.1 Å². The molecule has 1 aliphatic rings. The van der Waals surface area contributed by atoms with Gasteiger partial charge in [0.2, 0.25) is 5.91 Å². The Balaban J connectivity index is 2.60. The molecule has 16 heavy (non-hydrogen) atoms. The zero-order chi connectivity index (χ0) is 12.2.